The van der Waals surface area contributed by atoms with Crippen LogP contribution in [0.25, 0.3) is 0 Å². The first kappa shape index (κ1) is 18.7. The highest BCUT2D eigenvalue weighted by Crippen LogP contribution is 2.28. The Morgan fingerprint density at radius 2 is 1.92 bits per heavy atom. The monoisotopic (exact) mass is 363 g/mol. The number of nitrogens with zero attached hydrogens (tertiary/aromatic N) is 2. The summed E-state index contributed by atoms with van der Waals surface area (Å²) in [5.74, 6) is -1.34. The lowest BCUT2D eigenvalue weighted by Gasteiger charge is -2.05. The lowest BCUT2D eigenvalue weighted by atomic mass is 10.1. The molecular weight excluding hydrogens is 346 g/mol. The van der Waals surface area contributed by atoms with Crippen LogP contribution in [0, 0.1) is 6.92 Å². The van der Waals surface area contributed by atoms with Crippen LogP contribution in [0.15, 0.2) is 28.0 Å². The number of aromatic nitrogens is 2. The fourth-order valence-electron chi connectivity index (χ4n) is 2.11. The van der Waals surface area contributed by atoms with Crippen molar-refractivity contribution in [2.45, 2.75) is 25.9 Å². The Hall–Kier alpha value is -2.68. The van der Waals surface area contributed by atoms with E-state index in [1.807, 2.05) is 0 Å². The predicted molar refractivity (Wildman–Crippen MR) is 90.8 cm³/mol. The summed E-state index contributed by atoms with van der Waals surface area (Å²) in [5.41, 5.74) is 0.0361. The van der Waals surface area contributed by atoms with Gasteiger partial charge in [0.2, 0.25) is 11.8 Å². The van der Waals surface area contributed by atoms with E-state index in [2.05, 4.69) is 15.3 Å². The standard InChI is InChI=1S/C16H17N3O5S/c1-4-23-15(22)13-12(9(2)20)10(3)24-14(13)19-11(21)8-25-16-17-6-5-7-18-16/h5-7H,4,8H2,1-3H3,(H,19,21). The van der Waals surface area contributed by atoms with E-state index in [0.717, 1.165) is 11.8 Å². The van der Waals surface area contributed by atoms with Crippen LogP contribution in [-0.4, -0.2) is 40.0 Å². The van der Waals surface area contributed by atoms with E-state index in [-0.39, 0.29) is 40.9 Å². The molecule has 0 fully saturated rings. The Morgan fingerprint density at radius 1 is 1.24 bits per heavy atom. The number of esters is 1. The molecule has 0 radical (unpaired) electrons. The van der Waals surface area contributed by atoms with Gasteiger partial charge in [0.25, 0.3) is 0 Å². The number of furan rings is 1. The molecule has 0 bridgehead atoms. The molecular formula is C16H17N3O5S. The fourth-order valence-corrected chi connectivity index (χ4v) is 2.71. The van der Waals surface area contributed by atoms with Gasteiger partial charge < -0.3 is 9.15 Å². The summed E-state index contributed by atoms with van der Waals surface area (Å²) in [6, 6.07) is 1.67. The molecule has 0 spiro atoms. The van der Waals surface area contributed by atoms with Crippen LogP contribution in [0.3, 0.4) is 0 Å². The number of amides is 1. The summed E-state index contributed by atoms with van der Waals surface area (Å²) in [7, 11) is 0. The molecule has 0 aliphatic rings. The zero-order chi connectivity index (χ0) is 18.4. The molecule has 0 aromatic carbocycles. The number of nitrogens with one attached hydrogen (secondary N) is 1. The van der Waals surface area contributed by atoms with Gasteiger partial charge in [-0.25, -0.2) is 14.8 Å². The minimum absolute atomic E-state index is 0.0153. The molecule has 0 unspecified atom stereocenters. The van der Waals surface area contributed by atoms with Gasteiger partial charge in [0.1, 0.15) is 11.3 Å². The van der Waals surface area contributed by atoms with E-state index in [9.17, 15) is 14.4 Å². The minimum Gasteiger partial charge on any atom is -0.462 e. The molecule has 1 amide bonds. The molecule has 0 atom stereocenters. The summed E-state index contributed by atoms with van der Waals surface area (Å²) in [4.78, 5) is 44.1. The molecule has 0 aliphatic carbocycles. The van der Waals surface area contributed by atoms with Crippen molar-refractivity contribution in [2.24, 2.45) is 0 Å². The van der Waals surface area contributed by atoms with Gasteiger partial charge >= 0.3 is 5.97 Å². The second-order valence-corrected chi connectivity index (χ2v) is 5.82. The maximum Gasteiger partial charge on any atom is 0.344 e. The lowest BCUT2D eigenvalue weighted by molar-refractivity contribution is -0.113. The normalized spacial score (nSPS) is 10.4. The van der Waals surface area contributed by atoms with E-state index in [1.165, 1.54) is 6.92 Å². The van der Waals surface area contributed by atoms with Crippen LogP contribution in [0.5, 0.6) is 0 Å². The predicted octanol–water partition coefficient (Wildman–Crippen LogP) is 2.49. The molecule has 0 saturated carbocycles. The molecule has 25 heavy (non-hydrogen) atoms. The molecule has 2 rings (SSSR count). The van der Waals surface area contributed by atoms with Crippen LogP contribution >= 0.6 is 11.8 Å². The summed E-state index contributed by atoms with van der Waals surface area (Å²) in [6.07, 6.45) is 3.14. The van der Waals surface area contributed by atoms with Gasteiger partial charge in [-0.2, -0.15) is 0 Å². The Kier molecular flexibility index (Phi) is 6.29. The number of thioether (sulfide) groups is 1. The molecule has 1 N–H and O–H groups in total. The minimum atomic E-state index is -0.723. The summed E-state index contributed by atoms with van der Waals surface area (Å²) < 4.78 is 10.4. The van der Waals surface area contributed by atoms with Gasteiger partial charge in [-0.1, -0.05) is 11.8 Å². The maximum absolute atomic E-state index is 12.2. The lowest BCUT2D eigenvalue weighted by Crippen LogP contribution is -2.17. The van der Waals surface area contributed by atoms with Crippen molar-refractivity contribution in [3.8, 4) is 0 Å². The average molecular weight is 363 g/mol. The number of ketones is 1. The molecule has 2 heterocycles. The number of anilines is 1. The zero-order valence-corrected chi connectivity index (χ0v) is 14.8. The van der Waals surface area contributed by atoms with Crippen molar-refractivity contribution in [3.05, 3.63) is 35.3 Å². The second-order valence-electron chi connectivity index (χ2n) is 4.88. The molecule has 9 heteroatoms. The third kappa shape index (κ3) is 4.66. The van der Waals surface area contributed by atoms with Gasteiger partial charge in [0.15, 0.2) is 10.9 Å². The van der Waals surface area contributed by atoms with E-state index < -0.39 is 11.9 Å². The fraction of sp³-hybridized carbons (Fsp3) is 0.312. The maximum atomic E-state index is 12.2. The van der Waals surface area contributed by atoms with E-state index in [0.29, 0.717) is 5.16 Å². The third-order valence-corrected chi connectivity index (χ3v) is 3.92. The topological polar surface area (TPSA) is 111 Å². The third-order valence-electron chi connectivity index (χ3n) is 3.04. The summed E-state index contributed by atoms with van der Waals surface area (Å²) in [6.45, 7) is 4.64. The highest BCUT2D eigenvalue weighted by molar-refractivity contribution is 7.99. The number of rotatable bonds is 7. The number of carbonyl (C=O) groups is 3. The Morgan fingerprint density at radius 3 is 2.52 bits per heavy atom. The van der Waals surface area contributed by atoms with Gasteiger partial charge in [-0.3, -0.25) is 14.9 Å². The Bertz CT molecular complexity index is 789. The van der Waals surface area contributed by atoms with Crippen LogP contribution in [-0.2, 0) is 9.53 Å². The zero-order valence-electron chi connectivity index (χ0n) is 14.0. The average Bonchev–Trinajstić information content (AvgIpc) is 2.90. The van der Waals surface area contributed by atoms with Gasteiger partial charge in [0, 0.05) is 12.4 Å². The first-order valence-corrected chi connectivity index (χ1v) is 8.43. The quantitative estimate of drug-likeness (QED) is 0.346. The van der Waals surface area contributed by atoms with Crippen LogP contribution in [0.2, 0.25) is 0 Å². The smallest absolute Gasteiger partial charge is 0.344 e. The molecule has 8 nitrogen and oxygen atoms in total. The van der Waals surface area contributed by atoms with Gasteiger partial charge in [-0.05, 0) is 26.8 Å². The highest BCUT2D eigenvalue weighted by Gasteiger charge is 2.28. The largest absolute Gasteiger partial charge is 0.462 e. The molecule has 0 saturated heterocycles. The Balaban J connectivity index is 2.17. The molecule has 132 valence electrons. The van der Waals surface area contributed by atoms with E-state index in [1.54, 1.807) is 32.3 Å². The number of hydrogen-bond donors (Lipinski definition) is 1. The number of carbonyl (C=O) groups excluding carboxylic acids is 3. The number of Topliss-reactive ketones (excluding diaryl/α,β-unsaturated/α-hetero) is 1. The highest BCUT2D eigenvalue weighted by atomic mass is 32.2. The Labute approximate surface area is 148 Å². The van der Waals surface area contributed by atoms with Crippen molar-refractivity contribution in [3.63, 3.8) is 0 Å². The SMILES string of the molecule is CCOC(=O)c1c(NC(=O)CSc2ncccn2)oc(C)c1C(C)=O. The van der Waals surface area contributed by atoms with Crippen molar-refractivity contribution in [1.29, 1.82) is 0 Å². The summed E-state index contributed by atoms with van der Waals surface area (Å²) >= 11 is 1.13. The van der Waals surface area contributed by atoms with Crippen molar-refractivity contribution >= 4 is 35.3 Å². The van der Waals surface area contributed by atoms with Crippen molar-refractivity contribution in [1.82, 2.24) is 9.97 Å². The second kappa shape index (κ2) is 8.43. The van der Waals surface area contributed by atoms with Gasteiger partial charge in [-0.15, -0.1) is 0 Å². The number of hydrogen-bond acceptors (Lipinski definition) is 8. The first-order valence-electron chi connectivity index (χ1n) is 7.45. The van der Waals surface area contributed by atoms with Crippen molar-refractivity contribution < 1.29 is 23.5 Å². The van der Waals surface area contributed by atoms with E-state index >= 15 is 0 Å². The van der Waals surface area contributed by atoms with E-state index in [4.69, 9.17) is 9.15 Å². The van der Waals surface area contributed by atoms with Crippen molar-refractivity contribution in [2.75, 3.05) is 17.7 Å². The van der Waals surface area contributed by atoms with Gasteiger partial charge in [0.05, 0.1) is 17.9 Å². The molecule has 0 aliphatic heterocycles. The number of aryl methyl sites for hydroxylation is 1. The first-order chi connectivity index (χ1) is 11.9. The number of ether oxygens (including phenoxy) is 1. The molecule has 2 aromatic rings. The van der Waals surface area contributed by atoms with Crippen LogP contribution in [0.4, 0.5) is 5.88 Å². The van der Waals surface area contributed by atoms with Crippen LogP contribution < -0.4 is 5.32 Å². The summed E-state index contributed by atoms with van der Waals surface area (Å²) in [5, 5.41) is 2.95. The molecule has 2 aromatic heterocycles. The van der Waals surface area contributed by atoms with Crippen LogP contribution in [0.1, 0.15) is 40.3 Å².